The lowest BCUT2D eigenvalue weighted by Gasteiger charge is -2.21. The monoisotopic (exact) mass is 408 g/mol. The summed E-state index contributed by atoms with van der Waals surface area (Å²) in [6.45, 7) is 0.141. The zero-order chi connectivity index (χ0) is 20.8. The number of rotatable bonds is 7. The summed E-state index contributed by atoms with van der Waals surface area (Å²) < 4.78 is 27.5. The highest BCUT2D eigenvalue weighted by Crippen LogP contribution is 2.31. The second-order valence-corrected chi connectivity index (χ2v) is 6.47. The summed E-state index contributed by atoms with van der Waals surface area (Å²) in [7, 11) is 1.53. The van der Waals surface area contributed by atoms with Crippen LogP contribution in [-0.4, -0.2) is 31.2 Å². The minimum Gasteiger partial charge on any atom is -0.478 e. The SMILES string of the molecule is CN(C(=O)Oc1ccccc1OC(Cc1ccccc1)C1=COCO1)c1ccno1. The number of hydrogen-bond acceptors (Lipinski definition) is 7. The van der Waals surface area contributed by atoms with E-state index in [4.69, 9.17) is 23.5 Å². The van der Waals surface area contributed by atoms with Gasteiger partial charge in [-0.2, -0.15) is 0 Å². The van der Waals surface area contributed by atoms with Gasteiger partial charge < -0.3 is 23.5 Å². The Morgan fingerprint density at radius 1 is 1.10 bits per heavy atom. The molecule has 0 bridgehead atoms. The summed E-state index contributed by atoms with van der Waals surface area (Å²) in [5.74, 6) is 1.50. The van der Waals surface area contributed by atoms with Gasteiger partial charge >= 0.3 is 6.09 Å². The lowest BCUT2D eigenvalue weighted by molar-refractivity contribution is 0.0553. The fraction of sp³-hybridized carbons (Fsp3) is 0.182. The number of carbonyl (C=O) groups is 1. The highest BCUT2D eigenvalue weighted by Gasteiger charge is 2.25. The van der Waals surface area contributed by atoms with E-state index in [-0.39, 0.29) is 18.4 Å². The number of hydrogen-bond donors (Lipinski definition) is 0. The van der Waals surface area contributed by atoms with Crippen molar-refractivity contribution in [2.24, 2.45) is 0 Å². The molecule has 0 fully saturated rings. The third-order valence-corrected chi connectivity index (χ3v) is 4.42. The summed E-state index contributed by atoms with van der Waals surface area (Å²) in [4.78, 5) is 13.7. The molecule has 30 heavy (non-hydrogen) atoms. The Balaban J connectivity index is 1.53. The molecule has 0 saturated heterocycles. The van der Waals surface area contributed by atoms with Gasteiger partial charge in [-0.15, -0.1) is 0 Å². The van der Waals surface area contributed by atoms with Crippen LogP contribution in [-0.2, 0) is 15.9 Å². The first-order valence-electron chi connectivity index (χ1n) is 9.31. The molecule has 8 nitrogen and oxygen atoms in total. The van der Waals surface area contributed by atoms with Gasteiger partial charge in [0.15, 0.2) is 23.4 Å². The van der Waals surface area contributed by atoms with Crippen LogP contribution in [0.5, 0.6) is 11.5 Å². The van der Waals surface area contributed by atoms with Crippen LogP contribution in [0.3, 0.4) is 0 Å². The minimum absolute atomic E-state index is 0.141. The van der Waals surface area contributed by atoms with Crippen LogP contribution in [0, 0.1) is 0 Å². The summed E-state index contributed by atoms with van der Waals surface area (Å²) in [5, 5.41) is 3.59. The van der Waals surface area contributed by atoms with Gasteiger partial charge in [0.2, 0.25) is 12.7 Å². The number of amides is 1. The average molecular weight is 408 g/mol. The van der Waals surface area contributed by atoms with Crippen molar-refractivity contribution in [3.05, 3.63) is 84.4 Å². The van der Waals surface area contributed by atoms with Crippen molar-refractivity contribution in [3.63, 3.8) is 0 Å². The quantitative estimate of drug-likeness (QED) is 0.581. The van der Waals surface area contributed by atoms with Gasteiger partial charge in [0.05, 0.1) is 6.20 Å². The van der Waals surface area contributed by atoms with Gasteiger partial charge in [-0.3, -0.25) is 0 Å². The van der Waals surface area contributed by atoms with Crippen molar-refractivity contribution in [2.75, 3.05) is 18.7 Å². The average Bonchev–Trinajstić information content (AvgIpc) is 3.49. The molecule has 1 unspecified atom stereocenters. The third kappa shape index (κ3) is 4.54. The molecule has 0 aliphatic carbocycles. The predicted octanol–water partition coefficient (Wildman–Crippen LogP) is 4.15. The lowest BCUT2D eigenvalue weighted by atomic mass is 10.1. The number of carbonyl (C=O) groups excluding carboxylic acids is 1. The molecule has 1 amide bonds. The van der Waals surface area contributed by atoms with Crippen LogP contribution in [0.1, 0.15) is 5.56 Å². The van der Waals surface area contributed by atoms with E-state index in [1.807, 2.05) is 30.3 Å². The van der Waals surface area contributed by atoms with Crippen molar-refractivity contribution < 1.29 is 28.3 Å². The number of para-hydroxylation sites is 2. The number of ether oxygens (including phenoxy) is 4. The van der Waals surface area contributed by atoms with E-state index in [2.05, 4.69) is 5.16 Å². The van der Waals surface area contributed by atoms with Gasteiger partial charge in [-0.25, -0.2) is 9.69 Å². The Kier molecular flexibility index (Phi) is 5.84. The maximum absolute atomic E-state index is 12.5. The standard InChI is InChI=1S/C22H20N2O6/c1-24(21-11-12-23-30-21)22(25)29-18-10-6-5-9-17(18)28-19(20-14-26-15-27-20)13-16-7-3-2-4-8-16/h2-12,14,19H,13,15H2,1H3. The van der Waals surface area contributed by atoms with E-state index in [0.717, 1.165) is 5.56 Å². The second-order valence-electron chi connectivity index (χ2n) is 6.47. The molecule has 0 N–H and O–H groups in total. The topological polar surface area (TPSA) is 83.3 Å². The van der Waals surface area contributed by atoms with Crippen molar-refractivity contribution in [3.8, 4) is 11.5 Å². The molecule has 1 aliphatic rings. The Morgan fingerprint density at radius 2 is 1.87 bits per heavy atom. The van der Waals surface area contributed by atoms with E-state index in [1.54, 1.807) is 36.6 Å². The van der Waals surface area contributed by atoms with Crippen molar-refractivity contribution in [2.45, 2.75) is 12.5 Å². The Labute approximate surface area is 173 Å². The van der Waals surface area contributed by atoms with Crippen LogP contribution < -0.4 is 14.4 Å². The zero-order valence-corrected chi connectivity index (χ0v) is 16.3. The molecule has 2 aromatic carbocycles. The molecule has 3 aromatic rings. The number of benzene rings is 2. The fourth-order valence-electron chi connectivity index (χ4n) is 2.87. The van der Waals surface area contributed by atoms with Crippen LogP contribution in [0.15, 0.2) is 83.4 Å². The van der Waals surface area contributed by atoms with E-state index >= 15 is 0 Å². The van der Waals surface area contributed by atoms with Crippen LogP contribution >= 0.6 is 0 Å². The van der Waals surface area contributed by atoms with E-state index in [9.17, 15) is 4.79 Å². The normalized spacial score (nSPS) is 13.6. The van der Waals surface area contributed by atoms with Gasteiger partial charge in [0, 0.05) is 19.5 Å². The van der Waals surface area contributed by atoms with Crippen molar-refractivity contribution in [1.29, 1.82) is 0 Å². The van der Waals surface area contributed by atoms with Gasteiger partial charge in [-0.05, 0) is 17.7 Å². The summed E-state index contributed by atoms with van der Waals surface area (Å²) in [6.07, 6.45) is 2.45. The Morgan fingerprint density at radius 3 is 2.57 bits per heavy atom. The maximum Gasteiger partial charge on any atom is 0.422 e. The van der Waals surface area contributed by atoms with Gasteiger partial charge in [-0.1, -0.05) is 47.6 Å². The summed E-state index contributed by atoms with van der Waals surface area (Å²) in [5.41, 5.74) is 1.07. The lowest BCUT2D eigenvalue weighted by Crippen LogP contribution is -2.29. The van der Waals surface area contributed by atoms with Gasteiger partial charge in [0.1, 0.15) is 6.26 Å². The molecule has 154 valence electrons. The first-order valence-corrected chi connectivity index (χ1v) is 9.31. The molecular formula is C22H20N2O6. The van der Waals surface area contributed by atoms with Crippen LogP contribution in [0.4, 0.5) is 10.7 Å². The van der Waals surface area contributed by atoms with E-state index in [0.29, 0.717) is 17.9 Å². The zero-order valence-electron chi connectivity index (χ0n) is 16.3. The first kappa shape index (κ1) is 19.4. The molecule has 4 rings (SSSR count). The smallest absolute Gasteiger partial charge is 0.422 e. The highest BCUT2D eigenvalue weighted by atomic mass is 16.7. The molecule has 1 aliphatic heterocycles. The van der Waals surface area contributed by atoms with Crippen LogP contribution in [0.25, 0.3) is 0 Å². The number of anilines is 1. The van der Waals surface area contributed by atoms with Crippen LogP contribution in [0.2, 0.25) is 0 Å². The number of aromatic nitrogens is 1. The molecule has 0 spiro atoms. The largest absolute Gasteiger partial charge is 0.478 e. The molecule has 1 aromatic heterocycles. The molecule has 2 heterocycles. The second kappa shape index (κ2) is 9.04. The van der Waals surface area contributed by atoms with E-state index < -0.39 is 12.2 Å². The number of nitrogens with zero attached hydrogens (tertiary/aromatic N) is 2. The summed E-state index contributed by atoms with van der Waals surface area (Å²) in [6, 6.07) is 18.4. The summed E-state index contributed by atoms with van der Waals surface area (Å²) >= 11 is 0. The van der Waals surface area contributed by atoms with Crippen molar-refractivity contribution >= 4 is 12.0 Å². The first-order chi connectivity index (χ1) is 14.7. The highest BCUT2D eigenvalue weighted by molar-refractivity contribution is 5.87. The minimum atomic E-state index is -0.637. The predicted molar refractivity (Wildman–Crippen MR) is 107 cm³/mol. The van der Waals surface area contributed by atoms with Crippen molar-refractivity contribution in [1.82, 2.24) is 5.16 Å². The molecule has 1 atom stereocenters. The van der Waals surface area contributed by atoms with E-state index in [1.165, 1.54) is 18.1 Å². The Bertz CT molecular complexity index is 1000. The third-order valence-electron chi connectivity index (χ3n) is 4.42. The Hall–Kier alpha value is -3.94. The maximum atomic E-state index is 12.5. The fourth-order valence-corrected chi connectivity index (χ4v) is 2.87. The van der Waals surface area contributed by atoms with Gasteiger partial charge in [0.25, 0.3) is 0 Å². The molecular weight excluding hydrogens is 388 g/mol. The molecule has 0 radical (unpaired) electrons. The molecule has 8 heteroatoms. The molecule has 0 saturated carbocycles.